The molecule has 0 aliphatic carbocycles. The number of amides is 1. The number of carbonyl (C=O) groups is 2. The molecule has 3 N–H and O–H groups in total. The van der Waals surface area contributed by atoms with Crippen LogP contribution in [0.5, 0.6) is 0 Å². The van der Waals surface area contributed by atoms with Gasteiger partial charge in [-0.2, -0.15) is 0 Å². The zero-order valence-electron chi connectivity index (χ0n) is 21.9. The Kier molecular flexibility index (Phi) is 7.78. The molecule has 38 heavy (non-hydrogen) atoms. The molecule has 1 aliphatic rings. The Balaban J connectivity index is 1.42. The number of hydrogen-bond donors (Lipinski definition) is 3. The molecule has 6 heteroatoms. The molecule has 1 unspecified atom stereocenters. The first-order valence-corrected chi connectivity index (χ1v) is 13.5. The van der Waals surface area contributed by atoms with Crippen molar-refractivity contribution in [2.24, 2.45) is 0 Å². The fraction of sp³-hybridized carbons (Fsp3) is 0.312. The Bertz CT molecular complexity index is 1420. The van der Waals surface area contributed by atoms with Crippen molar-refractivity contribution < 1.29 is 14.7 Å². The quantitative estimate of drug-likeness (QED) is 0.261. The van der Waals surface area contributed by atoms with Crippen molar-refractivity contribution in [3.63, 3.8) is 0 Å². The van der Waals surface area contributed by atoms with Crippen LogP contribution in [0.3, 0.4) is 0 Å². The number of rotatable bonds is 9. The monoisotopic (exact) mass is 509 g/mol. The number of nitrogens with one attached hydrogen (secondary N) is 2. The van der Waals surface area contributed by atoms with E-state index in [2.05, 4.69) is 40.3 Å². The van der Waals surface area contributed by atoms with Crippen molar-refractivity contribution in [3.8, 4) is 0 Å². The van der Waals surface area contributed by atoms with Crippen molar-refractivity contribution in [1.29, 1.82) is 0 Å². The number of hydrogen-bond acceptors (Lipinski definition) is 3. The highest BCUT2D eigenvalue weighted by molar-refractivity contribution is 5.89. The molecule has 2 heterocycles. The van der Waals surface area contributed by atoms with Gasteiger partial charge in [-0.25, -0.2) is 0 Å². The number of nitrogens with zero attached hydrogens (tertiary/aromatic N) is 1. The van der Waals surface area contributed by atoms with Gasteiger partial charge in [0.15, 0.2) is 0 Å². The summed E-state index contributed by atoms with van der Waals surface area (Å²) in [5.41, 5.74) is 7.29. The highest BCUT2D eigenvalue weighted by Gasteiger charge is 2.27. The predicted molar refractivity (Wildman–Crippen MR) is 152 cm³/mol. The molecule has 4 aromatic rings. The molecule has 1 fully saturated rings. The van der Waals surface area contributed by atoms with Crippen LogP contribution in [0.1, 0.15) is 59.4 Å². The van der Waals surface area contributed by atoms with Gasteiger partial charge in [0.05, 0.1) is 5.92 Å². The highest BCUT2D eigenvalue weighted by Crippen LogP contribution is 2.35. The van der Waals surface area contributed by atoms with Gasteiger partial charge in [0.1, 0.15) is 0 Å². The molecule has 196 valence electrons. The van der Waals surface area contributed by atoms with Crippen LogP contribution in [0.25, 0.3) is 10.9 Å². The van der Waals surface area contributed by atoms with Crippen molar-refractivity contribution in [1.82, 2.24) is 10.3 Å². The number of aryl methyl sites for hydroxylation is 2. The van der Waals surface area contributed by atoms with Gasteiger partial charge in [-0.15, -0.1) is 0 Å². The van der Waals surface area contributed by atoms with E-state index in [1.807, 2.05) is 54.7 Å². The zero-order valence-corrected chi connectivity index (χ0v) is 21.9. The average molecular weight is 510 g/mol. The second kappa shape index (κ2) is 11.5. The normalized spacial score (nSPS) is 14.4. The number of carboxylic acids is 1. The number of benzene rings is 3. The van der Waals surface area contributed by atoms with E-state index >= 15 is 0 Å². The Labute approximate surface area is 223 Å². The summed E-state index contributed by atoms with van der Waals surface area (Å²) in [5, 5.41) is 13.3. The molecular weight excluding hydrogens is 474 g/mol. The lowest BCUT2D eigenvalue weighted by Gasteiger charge is -2.33. The number of aliphatic carboxylic acids is 1. The van der Waals surface area contributed by atoms with Crippen LogP contribution in [-0.2, 0) is 22.6 Å². The molecule has 1 amide bonds. The smallest absolute Gasteiger partial charge is 0.303 e. The number of H-pyrrole nitrogens is 1. The third kappa shape index (κ3) is 5.75. The molecule has 6 nitrogen and oxygen atoms in total. The number of piperidine rings is 1. The summed E-state index contributed by atoms with van der Waals surface area (Å²) in [4.78, 5) is 30.6. The van der Waals surface area contributed by atoms with E-state index in [1.54, 1.807) is 0 Å². The SMILES string of the molecule is Cc1ccc(C(C(=O)NCc2ccc3[nH]cc(CCC(=O)O)c3c2)c2ccccc2)c(N2CCCCC2)c1. The van der Waals surface area contributed by atoms with Gasteiger partial charge in [0.2, 0.25) is 5.91 Å². The molecule has 0 saturated carbocycles. The Morgan fingerprint density at radius 3 is 2.55 bits per heavy atom. The van der Waals surface area contributed by atoms with E-state index in [1.165, 1.54) is 24.8 Å². The fourth-order valence-corrected chi connectivity index (χ4v) is 5.50. The molecule has 3 aromatic carbocycles. The van der Waals surface area contributed by atoms with E-state index in [0.29, 0.717) is 13.0 Å². The number of fused-ring (bicyclic) bond motifs is 1. The van der Waals surface area contributed by atoms with E-state index in [4.69, 9.17) is 5.11 Å². The van der Waals surface area contributed by atoms with Crippen molar-refractivity contribution in [3.05, 3.63) is 101 Å². The van der Waals surface area contributed by atoms with Gasteiger partial charge >= 0.3 is 5.97 Å². The summed E-state index contributed by atoms with van der Waals surface area (Å²) < 4.78 is 0. The molecule has 0 spiro atoms. The van der Waals surface area contributed by atoms with Gasteiger partial charge in [0.25, 0.3) is 0 Å². The van der Waals surface area contributed by atoms with Gasteiger partial charge in [-0.1, -0.05) is 48.5 Å². The topological polar surface area (TPSA) is 85.4 Å². The van der Waals surface area contributed by atoms with Gasteiger partial charge in [0, 0.05) is 48.8 Å². The van der Waals surface area contributed by atoms with Gasteiger partial charge in [-0.05, 0) is 78.6 Å². The van der Waals surface area contributed by atoms with E-state index in [0.717, 1.165) is 51.9 Å². The van der Waals surface area contributed by atoms with Crippen LogP contribution < -0.4 is 10.2 Å². The summed E-state index contributed by atoms with van der Waals surface area (Å²) >= 11 is 0. The Morgan fingerprint density at radius 2 is 1.79 bits per heavy atom. The second-order valence-corrected chi connectivity index (χ2v) is 10.3. The maximum absolute atomic E-state index is 13.9. The predicted octanol–water partition coefficient (Wildman–Crippen LogP) is 5.93. The lowest BCUT2D eigenvalue weighted by Crippen LogP contribution is -2.34. The molecule has 0 bridgehead atoms. The number of carboxylic acid groups (broad SMARTS) is 1. The third-order valence-corrected chi connectivity index (χ3v) is 7.50. The average Bonchev–Trinajstić information content (AvgIpc) is 3.35. The van der Waals surface area contributed by atoms with E-state index in [9.17, 15) is 9.59 Å². The maximum atomic E-state index is 13.9. The Hall–Kier alpha value is -4.06. The molecule has 1 atom stereocenters. The molecule has 1 saturated heterocycles. The number of aromatic nitrogens is 1. The first kappa shape index (κ1) is 25.6. The largest absolute Gasteiger partial charge is 0.481 e. The highest BCUT2D eigenvalue weighted by atomic mass is 16.4. The number of anilines is 1. The van der Waals surface area contributed by atoms with Gasteiger partial charge in [-0.3, -0.25) is 9.59 Å². The number of carbonyl (C=O) groups excluding carboxylic acids is 1. The molecule has 0 radical (unpaired) electrons. The Morgan fingerprint density at radius 1 is 1.00 bits per heavy atom. The van der Waals surface area contributed by atoms with Crippen LogP contribution >= 0.6 is 0 Å². The fourth-order valence-electron chi connectivity index (χ4n) is 5.50. The van der Waals surface area contributed by atoms with Crippen LogP contribution in [0.15, 0.2) is 72.9 Å². The minimum absolute atomic E-state index is 0.0291. The molecule has 5 rings (SSSR count). The van der Waals surface area contributed by atoms with E-state index in [-0.39, 0.29) is 12.3 Å². The first-order chi connectivity index (χ1) is 18.5. The summed E-state index contributed by atoms with van der Waals surface area (Å²) in [6.45, 7) is 4.53. The minimum Gasteiger partial charge on any atom is -0.481 e. The van der Waals surface area contributed by atoms with Gasteiger partial charge < -0.3 is 20.3 Å². The summed E-state index contributed by atoms with van der Waals surface area (Å²) in [6.07, 6.45) is 6.03. The van der Waals surface area contributed by atoms with Crippen LogP contribution in [-0.4, -0.2) is 35.1 Å². The molecule has 1 aliphatic heterocycles. The first-order valence-electron chi connectivity index (χ1n) is 13.5. The standard InChI is InChI=1S/C32H35N3O3/c1-22-10-13-26(29(18-22)35-16-6-3-7-17-35)31(24-8-4-2-5-9-24)32(38)34-20-23-11-14-28-27(19-23)25(21-33-28)12-15-30(36)37/h2,4-5,8-11,13-14,18-19,21,31,33H,3,6-7,12,15-17,20H2,1H3,(H,34,38)(H,36,37). The lowest BCUT2D eigenvalue weighted by molar-refractivity contribution is -0.137. The molecular formula is C32H35N3O3. The molecule has 1 aromatic heterocycles. The van der Waals surface area contributed by atoms with E-state index < -0.39 is 11.9 Å². The summed E-state index contributed by atoms with van der Waals surface area (Å²) in [6, 6.07) is 22.5. The van der Waals surface area contributed by atoms with Crippen LogP contribution in [0.2, 0.25) is 0 Å². The zero-order chi connectivity index (χ0) is 26.5. The second-order valence-electron chi connectivity index (χ2n) is 10.3. The number of aromatic amines is 1. The summed E-state index contributed by atoms with van der Waals surface area (Å²) in [5.74, 6) is -1.26. The van der Waals surface area contributed by atoms with Crippen LogP contribution in [0.4, 0.5) is 5.69 Å². The van der Waals surface area contributed by atoms with Crippen LogP contribution in [0, 0.1) is 6.92 Å². The maximum Gasteiger partial charge on any atom is 0.303 e. The lowest BCUT2D eigenvalue weighted by atomic mass is 9.87. The third-order valence-electron chi connectivity index (χ3n) is 7.50. The minimum atomic E-state index is -0.810. The van der Waals surface area contributed by atoms with Crippen molar-refractivity contribution in [2.75, 3.05) is 18.0 Å². The summed E-state index contributed by atoms with van der Waals surface area (Å²) in [7, 11) is 0. The van der Waals surface area contributed by atoms with Crippen molar-refractivity contribution in [2.45, 2.75) is 51.5 Å². The van der Waals surface area contributed by atoms with Crippen molar-refractivity contribution >= 4 is 28.5 Å².